The Morgan fingerprint density at radius 2 is 2.00 bits per heavy atom. The average molecular weight is 174 g/mol. The molecule has 3 nitrogen and oxygen atoms in total. The van der Waals surface area contributed by atoms with Gasteiger partial charge >= 0.3 is 0 Å². The van der Waals surface area contributed by atoms with Gasteiger partial charge in [0.25, 0.3) is 0 Å². The Bertz CT molecular complexity index is 328. The lowest BCUT2D eigenvalue weighted by Gasteiger charge is -1.96. The minimum atomic E-state index is 0.402. The van der Waals surface area contributed by atoms with Crippen molar-refractivity contribution in [3.63, 3.8) is 0 Å². The number of allylic oxidation sites excluding steroid dienone is 1. The molecule has 0 fully saturated rings. The van der Waals surface area contributed by atoms with E-state index in [0.717, 1.165) is 5.56 Å². The Labute approximate surface area is 76.6 Å². The minimum Gasteiger partial charge on any atom is -0.383 e. The average Bonchev–Trinajstić information content (AvgIpc) is 2.19. The van der Waals surface area contributed by atoms with E-state index in [1.165, 1.54) is 12.3 Å². The highest BCUT2D eigenvalue weighted by Gasteiger charge is 1.92. The van der Waals surface area contributed by atoms with Gasteiger partial charge in [-0.05, 0) is 6.08 Å². The van der Waals surface area contributed by atoms with Crippen LogP contribution in [0.2, 0.25) is 0 Å². The molecule has 13 heavy (non-hydrogen) atoms. The van der Waals surface area contributed by atoms with Crippen molar-refractivity contribution in [2.24, 2.45) is 10.7 Å². The number of aldehydes is 1. The van der Waals surface area contributed by atoms with Crippen molar-refractivity contribution in [2.75, 3.05) is 0 Å². The van der Waals surface area contributed by atoms with Crippen molar-refractivity contribution in [1.29, 1.82) is 0 Å². The van der Waals surface area contributed by atoms with Crippen molar-refractivity contribution < 1.29 is 4.79 Å². The van der Waals surface area contributed by atoms with E-state index in [1.807, 2.05) is 30.3 Å². The number of aliphatic imine (C=N–C) groups is 1. The van der Waals surface area contributed by atoms with E-state index in [2.05, 4.69) is 4.99 Å². The maximum Gasteiger partial charge on any atom is 0.144 e. The van der Waals surface area contributed by atoms with E-state index in [4.69, 9.17) is 5.73 Å². The molecule has 0 heterocycles. The van der Waals surface area contributed by atoms with Crippen molar-refractivity contribution >= 4 is 12.1 Å². The van der Waals surface area contributed by atoms with Crippen molar-refractivity contribution in [3.8, 4) is 0 Å². The van der Waals surface area contributed by atoms with Crippen LogP contribution < -0.4 is 5.73 Å². The molecule has 0 saturated carbocycles. The maximum absolute atomic E-state index is 9.93. The normalized spacial score (nSPS) is 11.8. The minimum absolute atomic E-state index is 0.402. The standard InChI is InChI=1S/C10H10N2O/c11-10(12-7-4-8-13)9-5-2-1-3-6-9/h1-8H,(H2,11,12)/b7-4+. The first kappa shape index (κ1) is 9.19. The van der Waals surface area contributed by atoms with Crippen LogP contribution in [-0.4, -0.2) is 12.1 Å². The Balaban J connectivity index is 2.79. The summed E-state index contributed by atoms with van der Waals surface area (Å²) in [6, 6.07) is 9.36. The van der Waals surface area contributed by atoms with Crippen LogP contribution in [0.5, 0.6) is 0 Å². The molecular weight excluding hydrogens is 164 g/mol. The first-order valence-corrected chi connectivity index (χ1v) is 3.83. The number of rotatable bonds is 3. The van der Waals surface area contributed by atoms with E-state index in [1.54, 1.807) is 0 Å². The zero-order valence-corrected chi connectivity index (χ0v) is 7.05. The van der Waals surface area contributed by atoms with Crippen LogP contribution in [0.1, 0.15) is 5.56 Å². The molecule has 1 rings (SSSR count). The molecule has 0 aliphatic rings. The molecule has 1 aromatic carbocycles. The fraction of sp³-hybridized carbons (Fsp3) is 0. The summed E-state index contributed by atoms with van der Waals surface area (Å²) in [6.45, 7) is 0. The summed E-state index contributed by atoms with van der Waals surface area (Å²) in [6.07, 6.45) is 3.31. The molecule has 2 N–H and O–H groups in total. The molecule has 0 spiro atoms. The molecule has 0 aliphatic carbocycles. The summed E-state index contributed by atoms with van der Waals surface area (Å²) >= 11 is 0. The van der Waals surface area contributed by atoms with Crippen LogP contribution in [0.25, 0.3) is 0 Å². The smallest absolute Gasteiger partial charge is 0.144 e. The molecule has 0 saturated heterocycles. The molecule has 0 amide bonds. The van der Waals surface area contributed by atoms with Gasteiger partial charge in [0.2, 0.25) is 0 Å². The lowest BCUT2D eigenvalue weighted by molar-refractivity contribution is -0.104. The zero-order valence-electron chi connectivity index (χ0n) is 7.05. The summed E-state index contributed by atoms with van der Waals surface area (Å²) in [4.78, 5) is 13.8. The highest BCUT2D eigenvalue weighted by molar-refractivity contribution is 5.97. The number of carbonyl (C=O) groups excluding carboxylic acids is 1. The fourth-order valence-corrected chi connectivity index (χ4v) is 0.842. The predicted octanol–water partition coefficient (Wildman–Crippen LogP) is 1.10. The third kappa shape index (κ3) is 2.91. The first-order valence-electron chi connectivity index (χ1n) is 3.83. The number of benzene rings is 1. The van der Waals surface area contributed by atoms with Crippen LogP contribution in [-0.2, 0) is 4.79 Å². The van der Waals surface area contributed by atoms with Crippen LogP contribution in [0, 0.1) is 0 Å². The van der Waals surface area contributed by atoms with Crippen LogP contribution in [0.15, 0.2) is 47.6 Å². The molecule has 0 unspecified atom stereocenters. The summed E-state index contributed by atoms with van der Waals surface area (Å²) in [5.41, 5.74) is 6.46. The molecule has 0 aliphatic heterocycles. The third-order valence-corrected chi connectivity index (χ3v) is 1.45. The Hall–Kier alpha value is -1.90. The quantitative estimate of drug-likeness (QED) is 0.323. The van der Waals surface area contributed by atoms with Gasteiger partial charge in [-0.1, -0.05) is 30.3 Å². The lowest BCUT2D eigenvalue weighted by Crippen LogP contribution is -2.12. The van der Waals surface area contributed by atoms with Gasteiger partial charge in [-0.25, -0.2) is 4.99 Å². The van der Waals surface area contributed by atoms with Gasteiger partial charge in [-0.15, -0.1) is 0 Å². The number of carbonyl (C=O) groups is 1. The molecule has 0 bridgehead atoms. The van der Waals surface area contributed by atoms with Gasteiger partial charge < -0.3 is 5.73 Å². The molecule has 0 radical (unpaired) electrons. The number of amidine groups is 1. The molecule has 1 aromatic rings. The fourth-order valence-electron chi connectivity index (χ4n) is 0.842. The molecule has 0 atom stereocenters. The number of nitrogens with two attached hydrogens (primary N) is 1. The molecule has 66 valence electrons. The summed E-state index contributed by atoms with van der Waals surface area (Å²) in [5.74, 6) is 0.402. The summed E-state index contributed by atoms with van der Waals surface area (Å²) in [5, 5.41) is 0. The van der Waals surface area contributed by atoms with E-state index in [9.17, 15) is 4.79 Å². The lowest BCUT2D eigenvalue weighted by atomic mass is 10.2. The highest BCUT2D eigenvalue weighted by atomic mass is 16.1. The second-order valence-electron chi connectivity index (χ2n) is 2.36. The van der Waals surface area contributed by atoms with E-state index in [-0.39, 0.29) is 0 Å². The maximum atomic E-state index is 9.93. The van der Waals surface area contributed by atoms with E-state index in [0.29, 0.717) is 12.1 Å². The largest absolute Gasteiger partial charge is 0.383 e. The van der Waals surface area contributed by atoms with Gasteiger partial charge in [0.05, 0.1) is 0 Å². The van der Waals surface area contributed by atoms with Gasteiger partial charge in [0, 0.05) is 11.8 Å². The SMILES string of the molecule is NC(=N/C=C/C=O)c1ccccc1. The van der Waals surface area contributed by atoms with Crippen LogP contribution in [0.3, 0.4) is 0 Å². The molecule has 0 aromatic heterocycles. The van der Waals surface area contributed by atoms with Gasteiger partial charge in [0.15, 0.2) is 0 Å². The summed E-state index contributed by atoms with van der Waals surface area (Å²) < 4.78 is 0. The third-order valence-electron chi connectivity index (χ3n) is 1.45. The first-order chi connectivity index (χ1) is 6.34. The van der Waals surface area contributed by atoms with Crippen molar-refractivity contribution in [2.45, 2.75) is 0 Å². The number of nitrogens with zero attached hydrogens (tertiary/aromatic N) is 1. The van der Waals surface area contributed by atoms with Crippen LogP contribution in [0.4, 0.5) is 0 Å². The number of hydrogen-bond acceptors (Lipinski definition) is 2. The molecule has 3 heteroatoms. The van der Waals surface area contributed by atoms with E-state index < -0.39 is 0 Å². The second-order valence-corrected chi connectivity index (χ2v) is 2.36. The topological polar surface area (TPSA) is 55.4 Å². The van der Waals surface area contributed by atoms with Crippen molar-refractivity contribution in [1.82, 2.24) is 0 Å². The monoisotopic (exact) mass is 174 g/mol. The van der Waals surface area contributed by atoms with Gasteiger partial charge in [-0.2, -0.15) is 0 Å². The summed E-state index contributed by atoms with van der Waals surface area (Å²) in [7, 11) is 0. The Kier molecular flexibility index (Phi) is 3.45. The predicted molar refractivity (Wildman–Crippen MR) is 52.4 cm³/mol. The Morgan fingerprint density at radius 3 is 2.62 bits per heavy atom. The zero-order chi connectivity index (χ0) is 9.52. The Morgan fingerprint density at radius 1 is 1.31 bits per heavy atom. The van der Waals surface area contributed by atoms with Crippen molar-refractivity contribution in [3.05, 3.63) is 48.2 Å². The van der Waals surface area contributed by atoms with E-state index >= 15 is 0 Å². The highest BCUT2D eigenvalue weighted by Crippen LogP contribution is 1.97. The second kappa shape index (κ2) is 4.87. The van der Waals surface area contributed by atoms with Crippen LogP contribution >= 0.6 is 0 Å². The number of hydrogen-bond donors (Lipinski definition) is 1. The van der Waals surface area contributed by atoms with Gasteiger partial charge in [0.1, 0.15) is 12.1 Å². The molecular formula is C10H10N2O. The van der Waals surface area contributed by atoms with Gasteiger partial charge in [-0.3, -0.25) is 4.79 Å².